The molecule has 1 saturated heterocycles. The number of hydrogen-bond acceptors (Lipinski definition) is 6. The highest BCUT2D eigenvalue weighted by Crippen LogP contribution is 2.38. The second-order valence-corrected chi connectivity index (χ2v) is 10.8. The number of benzene rings is 2. The number of carbonyl (C=O) groups is 2. The molecule has 1 N–H and O–H groups in total. The number of amides is 2. The third-order valence-corrected chi connectivity index (χ3v) is 8.47. The van der Waals surface area contributed by atoms with Gasteiger partial charge in [-0.15, -0.1) is 0 Å². The van der Waals surface area contributed by atoms with Gasteiger partial charge in [0.05, 0.1) is 41.2 Å². The van der Waals surface area contributed by atoms with Crippen molar-refractivity contribution in [2.75, 3.05) is 23.9 Å². The maximum atomic E-state index is 13.0. The Labute approximate surface area is 241 Å². The molecule has 0 spiro atoms. The van der Waals surface area contributed by atoms with Crippen LogP contribution in [0.5, 0.6) is 0 Å². The number of anilines is 2. The molecule has 0 bridgehead atoms. The van der Waals surface area contributed by atoms with Crippen LogP contribution in [0.2, 0.25) is 30.1 Å². The monoisotopic (exact) mass is 615 g/mol. The third kappa shape index (κ3) is 4.42. The number of imide groups is 1. The molecule has 2 aromatic heterocycles. The Bertz CT molecular complexity index is 1510. The molecule has 1 aliphatic rings. The van der Waals surface area contributed by atoms with E-state index in [0.717, 1.165) is 0 Å². The number of halogens is 6. The Hall–Kier alpha value is -2.26. The van der Waals surface area contributed by atoms with Crippen LogP contribution in [0.1, 0.15) is 0 Å². The van der Waals surface area contributed by atoms with Crippen LogP contribution in [0.4, 0.5) is 11.6 Å². The lowest BCUT2D eigenvalue weighted by molar-refractivity contribution is -0.125. The average molecular weight is 618 g/mol. The van der Waals surface area contributed by atoms with Crippen LogP contribution in [-0.4, -0.2) is 48.0 Å². The lowest BCUT2D eigenvalue weighted by Crippen LogP contribution is -2.52. The van der Waals surface area contributed by atoms with E-state index in [1.54, 1.807) is 60.3 Å². The number of pyridine rings is 2. The molecule has 0 saturated carbocycles. The first kappa shape index (κ1) is 26.4. The van der Waals surface area contributed by atoms with Gasteiger partial charge in [0.15, 0.2) is 0 Å². The van der Waals surface area contributed by atoms with E-state index in [0.29, 0.717) is 53.5 Å². The molecular weight excluding hydrogens is 603 g/mol. The summed E-state index contributed by atoms with van der Waals surface area (Å²) in [4.78, 5) is 38.3. The van der Waals surface area contributed by atoms with E-state index in [2.05, 4.69) is 15.3 Å². The smallest absolute Gasteiger partial charge is 0.252 e. The molecule has 37 heavy (non-hydrogen) atoms. The predicted molar refractivity (Wildman–Crippen MR) is 151 cm³/mol. The van der Waals surface area contributed by atoms with Crippen LogP contribution in [-0.2, 0) is 9.59 Å². The zero-order valence-electron chi connectivity index (χ0n) is 19.0. The van der Waals surface area contributed by atoms with E-state index in [-0.39, 0.29) is 10.0 Å². The molecule has 2 atom stereocenters. The number of carbonyl (C=O) groups excluding carboxylic acids is 2. The largest absolute Gasteiger partial charge is 0.345 e. The lowest BCUT2D eigenvalue weighted by atomic mass is 10.1. The molecule has 0 aliphatic carbocycles. The molecule has 1 fully saturated rings. The van der Waals surface area contributed by atoms with Crippen molar-refractivity contribution < 1.29 is 9.59 Å². The summed E-state index contributed by atoms with van der Waals surface area (Å²) in [5.74, 6) is -0.413. The second-order valence-electron chi connectivity index (χ2n) is 8.40. The van der Waals surface area contributed by atoms with Crippen molar-refractivity contribution in [1.82, 2.24) is 15.3 Å². The van der Waals surface area contributed by atoms with Gasteiger partial charge >= 0.3 is 0 Å². The lowest BCUT2D eigenvalue weighted by Gasteiger charge is -2.33. The van der Waals surface area contributed by atoms with Gasteiger partial charge in [-0.2, -0.15) is 0 Å². The number of likely N-dealkylation sites (N-methyl/N-ethyl adjacent to an activating group) is 2. The predicted octanol–water partition coefficient (Wildman–Crippen LogP) is 6.67. The standard InChI is InChI=1S/C24H15Cl6N5O2/c1-34(15-7-13(27)9-3-5-11(25)17(29)19(9)31-15)21-22(24(37)33-23(21)36)35(2)16-8-14(28)10-4-6-12(26)18(30)20(10)32-16/h3-8,21-22H,1-2H3,(H,33,36,37). The van der Waals surface area contributed by atoms with Crippen LogP contribution in [0.25, 0.3) is 21.8 Å². The zero-order valence-corrected chi connectivity index (χ0v) is 23.5. The molecule has 5 rings (SSSR count). The van der Waals surface area contributed by atoms with Gasteiger partial charge in [0, 0.05) is 24.9 Å². The van der Waals surface area contributed by atoms with Gasteiger partial charge < -0.3 is 9.80 Å². The molecule has 13 heteroatoms. The number of aromatic nitrogens is 2. The van der Waals surface area contributed by atoms with Crippen LogP contribution in [0.15, 0.2) is 36.4 Å². The van der Waals surface area contributed by atoms with Gasteiger partial charge in [0.2, 0.25) is 0 Å². The summed E-state index contributed by atoms with van der Waals surface area (Å²) in [6, 6.07) is 7.85. The van der Waals surface area contributed by atoms with E-state index in [9.17, 15) is 9.59 Å². The first-order valence-electron chi connectivity index (χ1n) is 10.7. The maximum absolute atomic E-state index is 13.0. The average Bonchev–Trinajstić information content (AvgIpc) is 3.16. The van der Waals surface area contributed by atoms with Crippen LogP contribution in [0.3, 0.4) is 0 Å². The van der Waals surface area contributed by atoms with Crippen molar-refractivity contribution in [2.45, 2.75) is 12.1 Å². The Morgan fingerprint density at radius 2 is 1.03 bits per heavy atom. The molecule has 2 amide bonds. The van der Waals surface area contributed by atoms with E-state index in [4.69, 9.17) is 69.6 Å². The first-order valence-corrected chi connectivity index (χ1v) is 12.9. The van der Waals surface area contributed by atoms with Gasteiger partial charge in [0.25, 0.3) is 11.8 Å². The topological polar surface area (TPSA) is 78.4 Å². The quantitative estimate of drug-likeness (QED) is 0.258. The SMILES string of the molecule is CN(c1cc(Cl)c2ccc(Cl)c(Cl)c2n1)C1C(=O)NC(=O)C1N(C)c1cc(Cl)c2ccc(Cl)c(Cl)c2n1. The Kier molecular flexibility index (Phi) is 6.98. The number of nitrogens with zero attached hydrogens (tertiary/aromatic N) is 4. The minimum Gasteiger partial charge on any atom is -0.345 e. The van der Waals surface area contributed by atoms with Crippen molar-refractivity contribution in [3.63, 3.8) is 0 Å². The Balaban J connectivity index is 1.58. The number of nitrogens with one attached hydrogen (secondary N) is 1. The number of fused-ring (bicyclic) bond motifs is 2. The summed E-state index contributed by atoms with van der Waals surface area (Å²) in [5, 5.41) is 5.35. The van der Waals surface area contributed by atoms with Crippen molar-refractivity contribution in [3.05, 3.63) is 66.5 Å². The summed E-state index contributed by atoms with van der Waals surface area (Å²) in [7, 11) is 3.26. The van der Waals surface area contributed by atoms with E-state index < -0.39 is 23.9 Å². The zero-order chi connectivity index (χ0) is 26.8. The van der Waals surface area contributed by atoms with Crippen molar-refractivity contribution in [1.29, 1.82) is 0 Å². The minimum atomic E-state index is -0.998. The molecule has 2 unspecified atom stereocenters. The Morgan fingerprint density at radius 1 is 0.649 bits per heavy atom. The van der Waals surface area contributed by atoms with Crippen LogP contribution < -0.4 is 15.1 Å². The fraction of sp³-hybridized carbons (Fsp3) is 0.167. The summed E-state index contributed by atoms with van der Waals surface area (Å²) < 4.78 is 0. The molecule has 2 aromatic carbocycles. The summed E-state index contributed by atoms with van der Waals surface area (Å²) in [6.07, 6.45) is 0. The highest BCUT2D eigenvalue weighted by molar-refractivity contribution is 6.47. The van der Waals surface area contributed by atoms with Gasteiger partial charge in [-0.05, 0) is 36.4 Å². The van der Waals surface area contributed by atoms with Crippen molar-refractivity contribution >= 4 is 115 Å². The molecule has 4 aromatic rings. The fourth-order valence-electron chi connectivity index (χ4n) is 4.34. The number of rotatable bonds is 4. The molecular formula is C24H15Cl6N5O2. The maximum Gasteiger partial charge on any atom is 0.252 e. The molecule has 190 valence electrons. The van der Waals surface area contributed by atoms with E-state index >= 15 is 0 Å². The van der Waals surface area contributed by atoms with Gasteiger partial charge in [-0.3, -0.25) is 14.9 Å². The van der Waals surface area contributed by atoms with Crippen LogP contribution in [0, 0.1) is 0 Å². The van der Waals surface area contributed by atoms with Gasteiger partial charge in [0.1, 0.15) is 23.7 Å². The third-order valence-electron chi connectivity index (χ3n) is 6.26. The Morgan fingerprint density at radius 3 is 1.41 bits per heavy atom. The normalized spacial score (nSPS) is 17.5. The van der Waals surface area contributed by atoms with E-state index in [1.807, 2.05) is 0 Å². The molecule has 0 radical (unpaired) electrons. The summed E-state index contributed by atoms with van der Waals surface area (Å²) in [6.45, 7) is 0. The molecule has 1 aliphatic heterocycles. The van der Waals surface area contributed by atoms with Crippen molar-refractivity contribution in [2.24, 2.45) is 0 Å². The summed E-state index contributed by atoms with van der Waals surface area (Å²) in [5.41, 5.74) is 0.736. The fourth-order valence-corrected chi connectivity index (χ4v) is 5.56. The van der Waals surface area contributed by atoms with Crippen molar-refractivity contribution in [3.8, 4) is 0 Å². The molecule has 7 nitrogen and oxygen atoms in total. The first-order chi connectivity index (χ1) is 17.5. The van der Waals surface area contributed by atoms with Crippen LogP contribution >= 0.6 is 69.6 Å². The van der Waals surface area contributed by atoms with E-state index in [1.165, 1.54) is 0 Å². The highest BCUT2D eigenvalue weighted by atomic mass is 35.5. The summed E-state index contributed by atoms with van der Waals surface area (Å²) >= 11 is 38.1. The number of hydrogen-bond donors (Lipinski definition) is 1. The minimum absolute atomic E-state index is 0.225. The molecule has 3 heterocycles. The van der Waals surface area contributed by atoms with Gasteiger partial charge in [-0.25, -0.2) is 9.97 Å². The van der Waals surface area contributed by atoms with Gasteiger partial charge in [-0.1, -0.05) is 69.6 Å². The second kappa shape index (κ2) is 9.80. The highest BCUT2D eigenvalue weighted by Gasteiger charge is 2.47.